The van der Waals surface area contributed by atoms with Crippen LogP contribution >= 0.6 is 11.6 Å². The lowest BCUT2D eigenvalue weighted by molar-refractivity contribution is 0.322. The number of primary sulfonamides is 1. The van der Waals surface area contributed by atoms with Crippen LogP contribution in [-0.4, -0.2) is 23.0 Å². The summed E-state index contributed by atoms with van der Waals surface area (Å²) in [5.74, 6) is 0. The molecule has 10 heteroatoms. The fraction of sp³-hybridized carbons (Fsp3) is 0.455. The number of halogens is 1. The third kappa shape index (κ3) is 3.16. The Morgan fingerprint density at radius 1 is 1.29 bits per heavy atom. The first kappa shape index (κ1) is 16.5. The van der Waals surface area contributed by atoms with Crippen molar-refractivity contribution < 1.29 is 16.8 Å². The van der Waals surface area contributed by atoms with Crippen molar-refractivity contribution >= 4 is 37.3 Å². The summed E-state index contributed by atoms with van der Waals surface area (Å²) in [4.78, 5) is -0.624. The molecule has 0 aromatic heterocycles. The Labute approximate surface area is 129 Å². The van der Waals surface area contributed by atoms with Gasteiger partial charge in [0.15, 0.2) is 0 Å². The maximum absolute atomic E-state index is 12.3. The van der Waals surface area contributed by atoms with E-state index in [2.05, 4.69) is 10.0 Å². The molecule has 1 aromatic rings. The molecule has 21 heavy (non-hydrogen) atoms. The highest BCUT2D eigenvalue weighted by atomic mass is 35.5. The molecule has 0 spiro atoms. The Balaban J connectivity index is 2.67. The number of nitrogens with one attached hydrogen (secondary N) is 2. The fourth-order valence-electron chi connectivity index (χ4n) is 1.88. The fourth-order valence-corrected chi connectivity index (χ4v) is 4.59. The number of benzene rings is 1. The molecule has 7 nitrogen and oxygen atoms in total. The van der Waals surface area contributed by atoms with Crippen molar-refractivity contribution in [3.63, 3.8) is 0 Å². The third-order valence-corrected chi connectivity index (χ3v) is 5.91. The number of rotatable bonds is 1. The van der Waals surface area contributed by atoms with Crippen LogP contribution in [0.25, 0.3) is 0 Å². The summed E-state index contributed by atoms with van der Waals surface area (Å²) in [7, 11) is -7.98. The van der Waals surface area contributed by atoms with Gasteiger partial charge in [-0.1, -0.05) is 32.4 Å². The predicted molar refractivity (Wildman–Crippen MR) is 80.0 cm³/mol. The van der Waals surface area contributed by atoms with Crippen molar-refractivity contribution in [2.75, 3.05) is 5.32 Å². The van der Waals surface area contributed by atoms with Gasteiger partial charge in [-0.2, -0.15) is 4.72 Å². The molecule has 0 aliphatic carbocycles. The van der Waals surface area contributed by atoms with Gasteiger partial charge < -0.3 is 5.32 Å². The average molecular weight is 354 g/mol. The second-order valence-electron chi connectivity index (χ2n) is 5.89. The summed E-state index contributed by atoms with van der Waals surface area (Å²) in [6.07, 6.45) is -0.550. The topological polar surface area (TPSA) is 118 Å². The highest BCUT2D eigenvalue weighted by Crippen LogP contribution is 2.36. The van der Waals surface area contributed by atoms with Gasteiger partial charge in [-0.05, 0) is 17.5 Å². The quantitative estimate of drug-likeness (QED) is 0.697. The molecule has 1 atom stereocenters. The number of anilines is 1. The summed E-state index contributed by atoms with van der Waals surface area (Å²) < 4.78 is 49.9. The highest BCUT2D eigenvalue weighted by Gasteiger charge is 2.36. The van der Waals surface area contributed by atoms with Gasteiger partial charge >= 0.3 is 0 Å². The molecule has 1 aliphatic heterocycles. The minimum atomic E-state index is -4.11. The zero-order valence-corrected chi connectivity index (χ0v) is 14.0. The second kappa shape index (κ2) is 4.82. The first-order valence-electron chi connectivity index (χ1n) is 5.97. The summed E-state index contributed by atoms with van der Waals surface area (Å²) >= 11 is 5.89. The summed E-state index contributed by atoms with van der Waals surface area (Å²) in [5.41, 5.74) is -0.151. The number of hydrogen-bond donors (Lipinski definition) is 3. The van der Waals surface area contributed by atoms with Gasteiger partial charge in [0.25, 0.3) is 0 Å². The Morgan fingerprint density at radius 2 is 1.86 bits per heavy atom. The van der Waals surface area contributed by atoms with Crippen LogP contribution in [0.4, 0.5) is 5.69 Å². The van der Waals surface area contributed by atoms with Gasteiger partial charge in [0.2, 0.25) is 20.0 Å². The minimum Gasteiger partial charge on any atom is -0.367 e. The van der Waals surface area contributed by atoms with Crippen molar-refractivity contribution in [1.82, 2.24) is 4.72 Å². The summed E-state index contributed by atoms with van der Waals surface area (Å²) in [6.45, 7) is 5.58. The van der Waals surface area contributed by atoms with Crippen molar-refractivity contribution in [3.8, 4) is 0 Å². The van der Waals surface area contributed by atoms with Crippen LogP contribution in [0, 0.1) is 5.41 Å². The monoisotopic (exact) mass is 353 g/mol. The molecule has 0 radical (unpaired) electrons. The van der Waals surface area contributed by atoms with Crippen LogP contribution in [0.3, 0.4) is 0 Å². The molecule has 0 fully saturated rings. The van der Waals surface area contributed by atoms with Crippen molar-refractivity contribution in [1.29, 1.82) is 0 Å². The van der Waals surface area contributed by atoms with Gasteiger partial charge in [-0.3, -0.25) is 0 Å². The van der Waals surface area contributed by atoms with Crippen LogP contribution in [0.1, 0.15) is 20.8 Å². The Morgan fingerprint density at radius 3 is 2.33 bits per heavy atom. The second-order valence-corrected chi connectivity index (χ2v) is 9.51. The molecular formula is C11H16ClN3O4S2. The van der Waals surface area contributed by atoms with Gasteiger partial charge in [0, 0.05) is 0 Å². The van der Waals surface area contributed by atoms with Crippen molar-refractivity contribution in [2.45, 2.75) is 36.7 Å². The number of fused-ring (bicyclic) bond motifs is 1. The van der Waals surface area contributed by atoms with E-state index in [9.17, 15) is 16.8 Å². The molecular weight excluding hydrogens is 338 g/mol. The number of hydrogen-bond acceptors (Lipinski definition) is 5. The smallest absolute Gasteiger partial charge is 0.244 e. The standard InChI is InChI=1S/C11H16ClN3O4S2/c1-11(2,3)10-14-7-4-6(12)8(20(13,16)17)5-9(7)21(18,19)15-10/h4-5,10,14-15H,1-3H3,(H2,13,16,17). The molecule has 0 saturated heterocycles. The first-order valence-corrected chi connectivity index (χ1v) is 9.38. The average Bonchev–Trinajstić information content (AvgIpc) is 2.23. The van der Waals surface area contributed by atoms with Crippen LogP contribution in [0.2, 0.25) is 5.02 Å². The minimum absolute atomic E-state index is 0.131. The molecule has 4 N–H and O–H groups in total. The Hall–Kier alpha value is -0.870. The molecule has 0 amide bonds. The molecule has 118 valence electrons. The van der Waals surface area contributed by atoms with E-state index in [1.165, 1.54) is 6.07 Å². The molecule has 1 heterocycles. The molecule has 2 rings (SSSR count). The van der Waals surface area contributed by atoms with Gasteiger partial charge in [0.1, 0.15) is 9.79 Å². The lowest BCUT2D eigenvalue weighted by atomic mass is 9.92. The van der Waals surface area contributed by atoms with E-state index in [4.69, 9.17) is 16.7 Å². The first-order chi connectivity index (χ1) is 9.32. The Bertz CT molecular complexity index is 797. The zero-order chi connectivity index (χ0) is 16.2. The van der Waals surface area contributed by atoms with Gasteiger partial charge in [0.05, 0.1) is 16.9 Å². The maximum Gasteiger partial charge on any atom is 0.244 e. The van der Waals surface area contributed by atoms with Crippen LogP contribution < -0.4 is 15.2 Å². The molecule has 0 saturated carbocycles. The van der Waals surface area contributed by atoms with Gasteiger partial charge in [-0.25, -0.2) is 22.0 Å². The SMILES string of the molecule is CC(C)(C)C1Nc2cc(Cl)c(S(N)(=O)=O)cc2S(=O)(=O)N1. The zero-order valence-electron chi connectivity index (χ0n) is 11.6. The lowest BCUT2D eigenvalue weighted by Crippen LogP contribution is -2.51. The highest BCUT2D eigenvalue weighted by molar-refractivity contribution is 7.90. The largest absolute Gasteiger partial charge is 0.367 e. The van der Waals surface area contributed by atoms with Crippen LogP contribution in [0.15, 0.2) is 21.9 Å². The normalized spacial score (nSPS) is 21.5. The molecule has 1 aromatic carbocycles. The van der Waals surface area contributed by atoms with E-state index in [0.29, 0.717) is 0 Å². The van der Waals surface area contributed by atoms with E-state index < -0.39 is 36.5 Å². The Kier molecular flexibility index (Phi) is 3.78. The summed E-state index contributed by atoms with van der Waals surface area (Å²) in [6, 6.07) is 2.22. The number of sulfonamides is 2. The molecule has 1 unspecified atom stereocenters. The predicted octanol–water partition coefficient (Wildman–Crippen LogP) is 1.06. The van der Waals surface area contributed by atoms with Crippen molar-refractivity contribution in [3.05, 3.63) is 17.2 Å². The van der Waals surface area contributed by atoms with E-state index in [1.807, 2.05) is 20.8 Å². The van der Waals surface area contributed by atoms with E-state index in [0.717, 1.165) is 6.07 Å². The molecule has 1 aliphatic rings. The maximum atomic E-state index is 12.3. The number of nitrogens with two attached hydrogens (primary N) is 1. The van der Waals surface area contributed by atoms with Crippen LogP contribution in [-0.2, 0) is 20.0 Å². The van der Waals surface area contributed by atoms with Crippen molar-refractivity contribution in [2.24, 2.45) is 10.6 Å². The van der Waals surface area contributed by atoms with E-state index >= 15 is 0 Å². The summed E-state index contributed by atoms with van der Waals surface area (Å²) in [5, 5.41) is 7.90. The van der Waals surface area contributed by atoms with E-state index in [-0.39, 0.29) is 15.6 Å². The molecule has 0 bridgehead atoms. The lowest BCUT2D eigenvalue weighted by Gasteiger charge is -2.36. The van der Waals surface area contributed by atoms with Gasteiger partial charge in [-0.15, -0.1) is 0 Å². The van der Waals surface area contributed by atoms with Crippen LogP contribution in [0.5, 0.6) is 0 Å². The van der Waals surface area contributed by atoms with E-state index in [1.54, 1.807) is 0 Å². The third-order valence-electron chi connectivity index (χ3n) is 3.07.